The third-order valence-corrected chi connectivity index (χ3v) is 7.31. The monoisotopic (exact) mass is 707 g/mol. The second kappa shape index (κ2) is 13.9. The first kappa shape index (κ1) is 38.1. The van der Waals surface area contributed by atoms with Crippen molar-refractivity contribution < 1.29 is 46.5 Å². The van der Waals surface area contributed by atoms with Gasteiger partial charge in [0.25, 0.3) is 5.88 Å². The molecule has 1 saturated carbocycles. The standard InChI is InChI=1S/C33H44F3N7O7/c1-30(2,3)48-27(44)41(10)20-11-13-21(14-12-20)43-25-23(26(40-43)47-22-17-19(15-16-37-22)33(34,35)36)24(38-18-39-25)42(28(45)49-31(4,5)6)29(46)50-32(7,8)9/h15-18,20-21H,11-14H2,1-10H3. The van der Waals surface area contributed by atoms with Crippen molar-refractivity contribution in [2.45, 2.75) is 123 Å². The molecule has 0 atom stereocenters. The van der Waals surface area contributed by atoms with Gasteiger partial charge in [0.05, 0.1) is 11.6 Å². The Morgan fingerprint density at radius 1 is 0.800 bits per heavy atom. The number of hydrogen-bond donors (Lipinski definition) is 0. The summed E-state index contributed by atoms with van der Waals surface area (Å²) in [6.45, 7) is 15.0. The van der Waals surface area contributed by atoms with E-state index in [1.165, 1.54) is 4.68 Å². The van der Waals surface area contributed by atoms with Gasteiger partial charge in [-0.15, -0.1) is 5.10 Å². The van der Waals surface area contributed by atoms with Crippen LogP contribution in [0.5, 0.6) is 11.8 Å². The molecule has 0 bridgehead atoms. The van der Waals surface area contributed by atoms with Crippen molar-refractivity contribution in [3.8, 4) is 11.8 Å². The van der Waals surface area contributed by atoms with Gasteiger partial charge in [-0.2, -0.15) is 18.1 Å². The lowest BCUT2D eigenvalue weighted by Gasteiger charge is -2.35. The van der Waals surface area contributed by atoms with Gasteiger partial charge in [-0.3, -0.25) is 0 Å². The molecule has 1 fully saturated rings. The van der Waals surface area contributed by atoms with E-state index in [1.807, 2.05) is 0 Å². The van der Waals surface area contributed by atoms with E-state index in [-0.39, 0.29) is 34.8 Å². The van der Waals surface area contributed by atoms with Crippen molar-refractivity contribution in [3.63, 3.8) is 0 Å². The molecule has 1 aliphatic carbocycles. The number of aromatic nitrogens is 5. The predicted octanol–water partition coefficient (Wildman–Crippen LogP) is 8.06. The zero-order valence-corrected chi connectivity index (χ0v) is 29.9. The summed E-state index contributed by atoms with van der Waals surface area (Å²) in [5.74, 6) is -1.09. The normalized spacial score (nSPS) is 17.2. The van der Waals surface area contributed by atoms with Crippen LogP contribution in [-0.4, -0.2) is 77.8 Å². The Bertz CT molecular complexity index is 1690. The number of carbonyl (C=O) groups is 3. The molecule has 0 unspecified atom stereocenters. The number of fused-ring (bicyclic) bond motifs is 1. The van der Waals surface area contributed by atoms with Crippen LogP contribution in [0.1, 0.15) is 99.6 Å². The maximum absolute atomic E-state index is 13.6. The van der Waals surface area contributed by atoms with Crippen LogP contribution in [-0.2, 0) is 20.4 Å². The molecule has 0 radical (unpaired) electrons. The second-order valence-corrected chi connectivity index (χ2v) is 15.0. The first-order chi connectivity index (χ1) is 22.9. The molecular formula is C33H44F3N7O7. The Morgan fingerprint density at radius 3 is 1.86 bits per heavy atom. The summed E-state index contributed by atoms with van der Waals surface area (Å²) >= 11 is 0. The summed E-state index contributed by atoms with van der Waals surface area (Å²) in [5, 5.41) is 4.53. The van der Waals surface area contributed by atoms with Gasteiger partial charge in [-0.25, -0.2) is 34.0 Å². The number of rotatable bonds is 5. The van der Waals surface area contributed by atoms with E-state index in [0.717, 1.165) is 18.6 Å². The molecule has 14 nitrogen and oxygen atoms in total. The Morgan fingerprint density at radius 2 is 1.34 bits per heavy atom. The number of amides is 3. The lowest BCUT2D eigenvalue weighted by Crippen LogP contribution is -2.44. The molecule has 0 aromatic carbocycles. The second-order valence-electron chi connectivity index (χ2n) is 15.0. The van der Waals surface area contributed by atoms with Crippen LogP contribution >= 0.6 is 0 Å². The van der Waals surface area contributed by atoms with E-state index in [0.29, 0.717) is 36.6 Å². The van der Waals surface area contributed by atoms with Gasteiger partial charge in [0.15, 0.2) is 11.5 Å². The number of ether oxygens (including phenoxy) is 4. The summed E-state index contributed by atoms with van der Waals surface area (Å²) in [6, 6.07) is 1.03. The van der Waals surface area contributed by atoms with Crippen LogP contribution < -0.4 is 9.64 Å². The largest absolute Gasteiger partial charge is 0.444 e. The van der Waals surface area contributed by atoms with Crippen molar-refractivity contribution in [1.29, 1.82) is 0 Å². The van der Waals surface area contributed by atoms with E-state index in [9.17, 15) is 27.6 Å². The molecular weight excluding hydrogens is 663 g/mol. The fourth-order valence-electron chi connectivity index (χ4n) is 5.20. The first-order valence-electron chi connectivity index (χ1n) is 16.1. The minimum Gasteiger partial charge on any atom is -0.444 e. The van der Waals surface area contributed by atoms with Gasteiger partial charge in [-0.05, 0) is 94.1 Å². The minimum absolute atomic E-state index is 0.0728. The fraction of sp³-hybridized carbons (Fsp3) is 0.606. The van der Waals surface area contributed by atoms with Crippen LogP contribution in [0.15, 0.2) is 24.7 Å². The van der Waals surface area contributed by atoms with Crippen LogP contribution in [0, 0.1) is 0 Å². The number of anilines is 1. The summed E-state index contributed by atoms with van der Waals surface area (Å²) in [5.41, 5.74) is -3.64. The minimum atomic E-state index is -4.69. The van der Waals surface area contributed by atoms with Gasteiger partial charge in [0.2, 0.25) is 5.88 Å². The zero-order chi connectivity index (χ0) is 37.4. The Hall–Kier alpha value is -4.70. The van der Waals surface area contributed by atoms with Crippen molar-refractivity contribution >= 4 is 35.1 Å². The zero-order valence-electron chi connectivity index (χ0n) is 29.9. The highest BCUT2D eigenvalue weighted by Gasteiger charge is 2.39. The lowest BCUT2D eigenvalue weighted by atomic mass is 9.90. The van der Waals surface area contributed by atoms with E-state index in [2.05, 4.69) is 20.1 Å². The Kier molecular flexibility index (Phi) is 10.6. The van der Waals surface area contributed by atoms with E-state index in [1.54, 1.807) is 74.3 Å². The SMILES string of the molecule is CN(C(=O)OC(C)(C)C)C1CCC(n2nc(Oc3cc(C(F)(F)F)ccn3)c3c(N(C(=O)OC(C)(C)C)C(=O)OC(C)(C)C)ncnc32)CC1. The molecule has 3 amide bonds. The molecule has 1 aliphatic rings. The Labute approximate surface area is 288 Å². The topological polar surface area (TPSA) is 151 Å². The van der Waals surface area contributed by atoms with Gasteiger partial charge < -0.3 is 23.8 Å². The lowest BCUT2D eigenvalue weighted by molar-refractivity contribution is -0.137. The van der Waals surface area contributed by atoms with Crippen molar-refractivity contribution in [3.05, 3.63) is 30.2 Å². The quantitative estimate of drug-likeness (QED) is 0.237. The van der Waals surface area contributed by atoms with Crippen molar-refractivity contribution in [1.82, 2.24) is 29.6 Å². The van der Waals surface area contributed by atoms with Crippen molar-refractivity contribution in [2.24, 2.45) is 0 Å². The maximum Gasteiger partial charge on any atom is 0.425 e. The third-order valence-electron chi connectivity index (χ3n) is 7.31. The molecule has 17 heteroatoms. The predicted molar refractivity (Wildman–Crippen MR) is 175 cm³/mol. The van der Waals surface area contributed by atoms with Crippen LogP contribution in [0.3, 0.4) is 0 Å². The smallest absolute Gasteiger partial charge is 0.425 e. The van der Waals surface area contributed by atoms with Gasteiger partial charge >= 0.3 is 24.5 Å². The van der Waals surface area contributed by atoms with Gasteiger partial charge in [-0.1, -0.05) is 0 Å². The number of nitrogens with zero attached hydrogens (tertiary/aromatic N) is 7. The van der Waals surface area contributed by atoms with E-state index >= 15 is 0 Å². The molecule has 0 saturated heterocycles. The average Bonchev–Trinajstić information content (AvgIpc) is 3.33. The molecule has 3 heterocycles. The highest BCUT2D eigenvalue weighted by atomic mass is 19.4. The molecule has 0 spiro atoms. The van der Waals surface area contributed by atoms with Crippen molar-refractivity contribution in [2.75, 3.05) is 11.9 Å². The number of imide groups is 1. The number of hydrogen-bond acceptors (Lipinski definition) is 11. The Balaban J connectivity index is 1.82. The summed E-state index contributed by atoms with van der Waals surface area (Å²) < 4.78 is 64.7. The number of alkyl halides is 3. The van der Waals surface area contributed by atoms with Gasteiger partial charge in [0.1, 0.15) is 28.5 Å². The third kappa shape index (κ3) is 9.50. The summed E-state index contributed by atoms with van der Waals surface area (Å²) in [4.78, 5) is 54.6. The fourth-order valence-corrected chi connectivity index (χ4v) is 5.20. The summed E-state index contributed by atoms with van der Waals surface area (Å²) in [7, 11) is 1.68. The van der Waals surface area contributed by atoms with Gasteiger partial charge in [0, 0.05) is 25.4 Å². The highest BCUT2D eigenvalue weighted by molar-refractivity contribution is 6.14. The summed E-state index contributed by atoms with van der Waals surface area (Å²) in [6.07, 6.45) is -3.20. The van der Waals surface area contributed by atoms with Crippen LogP contribution in [0.25, 0.3) is 11.0 Å². The van der Waals surface area contributed by atoms with E-state index in [4.69, 9.17) is 18.9 Å². The number of pyridine rings is 1. The molecule has 4 rings (SSSR count). The molecule has 3 aromatic heterocycles. The highest BCUT2D eigenvalue weighted by Crippen LogP contribution is 2.40. The van der Waals surface area contributed by atoms with Crippen LogP contribution in [0.2, 0.25) is 0 Å². The molecule has 0 N–H and O–H groups in total. The molecule has 0 aliphatic heterocycles. The number of halogens is 3. The van der Waals surface area contributed by atoms with Crippen LogP contribution in [0.4, 0.5) is 33.4 Å². The average molecular weight is 708 g/mol. The number of carbonyl (C=O) groups excluding carboxylic acids is 3. The maximum atomic E-state index is 13.6. The van der Waals surface area contributed by atoms with E-state index < -0.39 is 52.7 Å². The molecule has 50 heavy (non-hydrogen) atoms. The first-order valence-corrected chi connectivity index (χ1v) is 16.1. The molecule has 3 aromatic rings. The molecule has 274 valence electrons.